The standard InChI is InChI=1S/C12H19BF2N3/c1-11(2,13-3)9-7-5-4-6-8-10(12(9,14)15)17-18-16-8/h9H,4-7H2,1-3H3,(H,16,17,18). The van der Waals surface area contributed by atoms with Crippen LogP contribution in [0.25, 0.3) is 0 Å². The lowest BCUT2D eigenvalue weighted by Gasteiger charge is -2.39. The van der Waals surface area contributed by atoms with Gasteiger partial charge >= 0.3 is 0 Å². The molecule has 2 rings (SSSR count). The summed E-state index contributed by atoms with van der Waals surface area (Å²) in [6.45, 7) is 5.58. The van der Waals surface area contributed by atoms with Crippen molar-refractivity contribution in [3.05, 3.63) is 11.4 Å². The van der Waals surface area contributed by atoms with Crippen molar-refractivity contribution in [1.29, 1.82) is 0 Å². The zero-order chi connectivity index (χ0) is 13.4. The van der Waals surface area contributed by atoms with Gasteiger partial charge in [0.2, 0.25) is 0 Å². The van der Waals surface area contributed by atoms with Gasteiger partial charge in [-0.2, -0.15) is 24.2 Å². The summed E-state index contributed by atoms with van der Waals surface area (Å²) >= 11 is 0. The highest BCUT2D eigenvalue weighted by atomic mass is 19.3. The topological polar surface area (TPSA) is 41.6 Å². The second-order valence-electron chi connectivity index (χ2n) is 5.65. The molecular weight excluding hydrogens is 235 g/mol. The van der Waals surface area contributed by atoms with Crippen LogP contribution in [0, 0.1) is 5.92 Å². The molecule has 1 heterocycles. The monoisotopic (exact) mass is 254 g/mol. The zero-order valence-electron chi connectivity index (χ0n) is 11.1. The quantitative estimate of drug-likeness (QED) is 0.823. The Bertz CT molecular complexity index is 417. The van der Waals surface area contributed by atoms with Crippen molar-refractivity contribution in [2.45, 2.75) is 57.6 Å². The third kappa shape index (κ3) is 2.17. The fourth-order valence-corrected chi connectivity index (χ4v) is 2.72. The Morgan fingerprint density at radius 2 is 2.06 bits per heavy atom. The van der Waals surface area contributed by atoms with Crippen molar-refractivity contribution < 1.29 is 8.78 Å². The molecule has 0 aromatic carbocycles. The van der Waals surface area contributed by atoms with Gasteiger partial charge in [0.1, 0.15) is 7.28 Å². The van der Waals surface area contributed by atoms with E-state index in [1.807, 2.05) is 28.0 Å². The molecule has 18 heavy (non-hydrogen) atoms. The van der Waals surface area contributed by atoms with E-state index in [1.54, 1.807) is 0 Å². The summed E-state index contributed by atoms with van der Waals surface area (Å²) in [6.07, 6.45) is 2.82. The van der Waals surface area contributed by atoms with E-state index in [2.05, 4.69) is 15.4 Å². The average molecular weight is 254 g/mol. The van der Waals surface area contributed by atoms with Crippen LogP contribution in [0.1, 0.15) is 44.5 Å². The molecule has 1 aromatic heterocycles. The number of hydrogen-bond acceptors (Lipinski definition) is 2. The van der Waals surface area contributed by atoms with E-state index in [9.17, 15) is 8.78 Å². The summed E-state index contributed by atoms with van der Waals surface area (Å²) in [5.74, 6) is -3.64. The van der Waals surface area contributed by atoms with Crippen molar-refractivity contribution in [1.82, 2.24) is 15.4 Å². The molecule has 0 amide bonds. The first-order valence-electron chi connectivity index (χ1n) is 6.48. The predicted molar refractivity (Wildman–Crippen MR) is 67.0 cm³/mol. The summed E-state index contributed by atoms with van der Waals surface area (Å²) in [4.78, 5) is 0. The number of halogens is 2. The molecule has 1 aliphatic rings. The fraction of sp³-hybridized carbons (Fsp3) is 0.833. The molecule has 6 heteroatoms. The first-order valence-corrected chi connectivity index (χ1v) is 6.48. The number of aromatic nitrogens is 3. The Hall–Kier alpha value is -0.935. The number of hydrogen-bond donors (Lipinski definition) is 1. The van der Waals surface area contributed by atoms with E-state index in [0.717, 1.165) is 12.8 Å². The van der Waals surface area contributed by atoms with Gasteiger partial charge in [-0.3, -0.25) is 0 Å². The summed E-state index contributed by atoms with van der Waals surface area (Å²) in [5.41, 5.74) is 0.277. The third-order valence-electron chi connectivity index (χ3n) is 4.17. The summed E-state index contributed by atoms with van der Waals surface area (Å²) < 4.78 is 29.4. The molecule has 99 valence electrons. The van der Waals surface area contributed by atoms with Crippen molar-refractivity contribution >= 4 is 7.28 Å². The van der Waals surface area contributed by atoms with Crippen LogP contribution in [0.3, 0.4) is 0 Å². The van der Waals surface area contributed by atoms with E-state index in [0.29, 0.717) is 18.5 Å². The van der Waals surface area contributed by atoms with E-state index < -0.39 is 17.2 Å². The Morgan fingerprint density at radius 3 is 2.72 bits per heavy atom. The highest BCUT2D eigenvalue weighted by Gasteiger charge is 2.51. The first kappa shape index (κ1) is 13.5. The second-order valence-corrected chi connectivity index (χ2v) is 5.65. The van der Waals surface area contributed by atoms with E-state index >= 15 is 0 Å². The summed E-state index contributed by atoms with van der Waals surface area (Å²) in [6, 6.07) is 0. The minimum Gasteiger partial charge on any atom is -0.199 e. The molecule has 1 atom stereocenters. The maximum Gasteiger partial charge on any atom is 0.295 e. The molecule has 3 nitrogen and oxygen atoms in total. The molecule has 0 fully saturated rings. The van der Waals surface area contributed by atoms with Gasteiger partial charge in [0.15, 0.2) is 5.69 Å². The molecule has 1 aromatic rings. The molecule has 1 N–H and O–H groups in total. The van der Waals surface area contributed by atoms with Gasteiger partial charge in [-0.05, 0) is 19.3 Å². The van der Waals surface area contributed by atoms with Gasteiger partial charge in [-0.1, -0.05) is 32.4 Å². The Balaban J connectivity index is 2.44. The van der Waals surface area contributed by atoms with E-state index in [-0.39, 0.29) is 5.69 Å². The minimum absolute atomic E-state index is 0.151. The normalized spacial score (nSPS) is 23.9. The molecule has 1 aliphatic carbocycles. The van der Waals surface area contributed by atoms with E-state index in [4.69, 9.17) is 0 Å². The largest absolute Gasteiger partial charge is 0.295 e. The SMILES string of the molecule is C[B]C(C)(C)C1CCCCc2n[nH]nc2C1(F)F. The molecular formula is C12H19BF2N3. The van der Waals surface area contributed by atoms with Crippen LogP contribution in [0.15, 0.2) is 0 Å². The molecule has 1 unspecified atom stereocenters. The van der Waals surface area contributed by atoms with E-state index in [1.165, 1.54) is 0 Å². The highest BCUT2D eigenvalue weighted by Crippen LogP contribution is 2.52. The predicted octanol–water partition coefficient (Wildman–Crippen LogP) is 3.19. The lowest BCUT2D eigenvalue weighted by atomic mass is 9.48. The molecule has 0 saturated heterocycles. The molecule has 0 bridgehead atoms. The molecule has 0 spiro atoms. The van der Waals surface area contributed by atoms with Crippen molar-refractivity contribution in [2.24, 2.45) is 5.92 Å². The van der Waals surface area contributed by atoms with Gasteiger partial charge in [0, 0.05) is 5.92 Å². The number of alkyl halides is 2. The van der Waals surface area contributed by atoms with Gasteiger partial charge in [-0.25, -0.2) is 0 Å². The van der Waals surface area contributed by atoms with Crippen molar-refractivity contribution in [3.8, 4) is 0 Å². The number of fused-ring (bicyclic) bond motifs is 1. The highest BCUT2D eigenvalue weighted by molar-refractivity contribution is 6.38. The van der Waals surface area contributed by atoms with Gasteiger partial charge in [0.25, 0.3) is 5.92 Å². The maximum atomic E-state index is 14.7. The lowest BCUT2D eigenvalue weighted by Crippen LogP contribution is -2.37. The minimum atomic E-state index is -2.92. The fourth-order valence-electron chi connectivity index (χ4n) is 2.72. The van der Waals surface area contributed by atoms with Crippen LogP contribution in [0.2, 0.25) is 12.1 Å². The van der Waals surface area contributed by atoms with Crippen LogP contribution in [0.5, 0.6) is 0 Å². The van der Waals surface area contributed by atoms with Crippen LogP contribution < -0.4 is 0 Å². The van der Waals surface area contributed by atoms with Crippen LogP contribution in [-0.4, -0.2) is 22.7 Å². The van der Waals surface area contributed by atoms with Gasteiger partial charge in [-0.15, -0.1) is 0 Å². The Kier molecular flexibility index (Phi) is 3.47. The number of nitrogens with zero attached hydrogens (tertiary/aromatic N) is 2. The lowest BCUT2D eigenvalue weighted by molar-refractivity contribution is -0.0886. The van der Waals surface area contributed by atoms with Crippen LogP contribution in [0.4, 0.5) is 8.78 Å². The number of H-pyrrole nitrogens is 1. The van der Waals surface area contributed by atoms with Crippen LogP contribution >= 0.6 is 0 Å². The van der Waals surface area contributed by atoms with Crippen molar-refractivity contribution in [2.75, 3.05) is 0 Å². The Labute approximate surface area is 107 Å². The molecule has 0 saturated carbocycles. The smallest absolute Gasteiger partial charge is 0.199 e. The zero-order valence-corrected chi connectivity index (χ0v) is 11.1. The third-order valence-corrected chi connectivity index (χ3v) is 4.17. The Morgan fingerprint density at radius 1 is 1.33 bits per heavy atom. The number of nitrogens with one attached hydrogen (secondary N) is 1. The maximum absolute atomic E-state index is 14.7. The number of aryl methyl sites for hydroxylation is 1. The molecule has 1 radical (unpaired) electrons. The van der Waals surface area contributed by atoms with Crippen LogP contribution in [-0.2, 0) is 12.3 Å². The molecule has 0 aliphatic heterocycles. The van der Waals surface area contributed by atoms with Crippen molar-refractivity contribution in [3.63, 3.8) is 0 Å². The first-order chi connectivity index (χ1) is 8.39. The number of rotatable bonds is 2. The summed E-state index contributed by atoms with van der Waals surface area (Å²) in [7, 11) is 1.87. The van der Waals surface area contributed by atoms with Gasteiger partial charge in [0.05, 0.1) is 5.69 Å². The van der Waals surface area contributed by atoms with Gasteiger partial charge < -0.3 is 0 Å². The number of aromatic amines is 1. The average Bonchev–Trinajstić information content (AvgIpc) is 2.75. The second kappa shape index (κ2) is 4.63. The summed E-state index contributed by atoms with van der Waals surface area (Å²) in [5, 5.41) is 9.41.